The van der Waals surface area contributed by atoms with Crippen LogP contribution < -0.4 is 5.32 Å². The zero-order valence-corrected chi connectivity index (χ0v) is 7.83. The molecule has 1 aliphatic heterocycles. The second-order valence-corrected chi connectivity index (χ2v) is 3.53. The summed E-state index contributed by atoms with van der Waals surface area (Å²) in [6.45, 7) is 4.01. The monoisotopic (exact) mass is 174 g/mol. The topological polar surface area (TPSA) is 24.4 Å². The molecule has 1 N–H and O–H groups in total. The maximum absolute atomic E-state index is 4.32. The zero-order chi connectivity index (χ0) is 9.15. The summed E-state index contributed by atoms with van der Waals surface area (Å²) in [5.74, 6) is 0. The van der Waals surface area contributed by atoms with Crippen molar-refractivity contribution in [1.29, 1.82) is 0 Å². The Morgan fingerprint density at radius 3 is 2.69 bits per heavy atom. The minimum atomic E-state index is -0.0699. The molecule has 1 aliphatic rings. The van der Waals surface area contributed by atoms with Gasteiger partial charge in [0.2, 0.25) is 0 Å². The average Bonchev–Trinajstić information content (AvgIpc) is 2.20. The van der Waals surface area contributed by atoms with Gasteiger partial charge in [-0.15, -0.1) is 0 Å². The summed E-state index contributed by atoms with van der Waals surface area (Å²) in [4.78, 5) is 4.32. The van der Waals surface area contributed by atoms with E-state index in [2.05, 4.69) is 41.5 Å². The van der Waals surface area contributed by atoms with Crippen molar-refractivity contribution < 1.29 is 0 Å². The quantitative estimate of drug-likeness (QED) is 0.686. The van der Waals surface area contributed by atoms with E-state index in [0.29, 0.717) is 0 Å². The highest BCUT2D eigenvalue weighted by molar-refractivity contribution is 5.73. The largest absolute Gasteiger partial charge is 0.301 e. The molecule has 1 heterocycles. The van der Waals surface area contributed by atoms with Crippen LogP contribution in [0.3, 0.4) is 0 Å². The highest BCUT2D eigenvalue weighted by Crippen LogP contribution is 2.19. The van der Waals surface area contributed by atoms with Crippen LogP contribution in [0.2, 0.25) is 0 Å². The molecular formula is C11H14N2. The number of aliphatic imine (C=N–C) groups is 1. The Morgan fingerprint density at radius 2 is 2.08 bits per heavy atom. The van der Waals surface area contributed by atoms with Crippen molar-refractivity contribution in [2.75, 3.05) is 13.1 Å². The fourth-order valence-electron chi connectivity index (χ4n) is 1.63. The van der Waals surface area contributed by atoms with Crippen LogP contribution in [0.15, 0.2) is 35.3 Å². The van der Waals surface area contributed by atoms with Gasteiger partial charge in [0.1, 0.15) is 0 Å². The predicted molar refractivity (Wildman–Crippen MR) is 55.2 cm³/mol. The minimum Gasteiger partial charge on any atom is -0.301 e. The van der Waals surface area contributed by atoms with Gasteiger partial charge in [-0.1, -0.05) is 30.3 Å². The van der Waals surface area contributed by atoms with E-state index in [-0.39, 0.29) is 5.54 Å². The van der Waals surface area contributed by atoms with E-state index in [1.165, 1.54) is 5.56 Å². The smallest absolute Gasteiger partial charge is 0.0761 e. The highest BCUT2D eigenvalue weighted by atomic mass is 15.0. The lowest BCUT2D eigenvalue weighted by molar-refractivity contribution is 0.483. The summed E-state index contributed by atoms with van der Waals surface area (Å²) >= 11 is 0. The molecule has 2 nitrogen and oxygen atoms in total. The normalized spacial score (nSPS) is 27.5. The first kappa shape index (κ1) is 8.45. The van der Waals surface area contributed by atoms with Gasteiger partial charge in [-0.3, -0.25) is 4.99 Å². The molecule has 0 spiro atoms. The molecule has 0 saturated carbocycles. The molecule has 0 amide bonds. The van der Waals surface area contributed by atoms with Crippen molar-refractivity contribution in [2.24, 2.45) is 4.99 Å². The SMILES string of the molecule is CC1(c2ccccc2)C=NCCN1. The van der Waals surface area contributed by atoms with Crippen molar-refractivity contribution in [3.8, 4) is 0 Å². The van der Waals surface area contributed by atoms with Crippen LogP contribution in [0, 0.1) is 0 Å². The van der Waals surface area contributed by atoms with Gasteiger partial charge in [0.15, 0.2) is 0 Å². The van der Waals surface area contributed by atoms with Crippen molar-refractivity contribution in [2.45, 2.75) is 12.5 Å². The summed E-state index contributed by atoms with van der Waals surface area (Å²) in [6.07, 6.45) is 2.01. The van der Waals surface area contributed by atoms with E-state index in [1.54, 1.807) is 0 Å². The lowest BCUT2D eigenvalue weighted by Gasteiger charge is -2.30. The number of hydrogen-bond acceptors (Lipinski definition) is 2. The van der Waals surface area contributed by atoms with Gasteiger partial charge in [-0.2, -0.15) is 0 Å². The summed E-state index contributed by atoms with van der Waals surface area (Å²) in [6, 6.07) is 10.4. The molecule has 2 rings (SSSR count). The summed E-state index contributed by atoms with van der Waals surface area (Å²) < 4.78 is 0. The van der Waals surface area contributed by atoms with Crippen LogP contribution in [0.1, 0.15) is 12.5 Å². The predicted octanol–water partition coefficient (Wildman–Crippen LogP) is 1.58. The lowest BCUT2D eigenvalue weighted by atomic mass is 9.92. The first-order valence-corrected chi connectivity index (χ1v) is 4.63. The molecule has 1 atom stereocenters. The van der Waals surface area contributed by atoms with Crippen molar-refractivity contribution in [1.82, 2.24) is 5.32 Å². The van der Waals surface area contributed by atoms with Crippen LogP contribution >= 0.6 is 0 Å². The molecule has 1 aromatic carbocycles. The standard InChI is InChI=1S/C11H14N2/c1-11(9-12-7-8-13-11)10-5-3-2-4-6-10/h2-6,9,13H,7-8H2,1H3. The van der Waals surface area contributed by atoms with Crippen LogP contribution in [-0.2, 0) is 5.54 Å². The molecular weight excluding hydrogens is 160 g/mol. The van der Waals surface area contributed by atoms with Crippen LogP contribution in [0.5, 0.6) is 0 Å². The third-order valence-electron chi connectivity index (χ3n) is 2.46. The minimum absolute atomic E-state index is 0.0699. The molecule has 0 saturated heterocycles. The summed E-state index contributed by atoms with van der Waals surface area (Å²) in [5, 5.41) is 3.46. The van der Waals surface area contributed by atoms with Gasteiger partial charge in [-0.25, -0.2) is 0 Å². The van der Waals surface area contributed by atoms with E-state index in [9.17, 15) is 0 Å². The van der Waals surface area contributed by atoms with Crippen LogP contribution in [-0.4, -0.2) is 19.3 Å². The molecule has 1 unspecified atom stereocenters. The number of hydrogen-bond donors (Lipinski definition) is 1. The first-order chi connectivity index (χ1) is 6.31. The summed E-state index contributed by atoms with van der Waals surface area (Å²) in [5.41, 5.74) is 1.21. The van der Waals surface area contributed by atoms with Crippen LogP contribution in [0.4, 0.5) is 0 Å². The highest BCUT2D eigenvalue weighted by Gasteiger charge is 2.24. The number of rotatable bonds is 1. The zero-order valence-electron chi connectivity index (χ0n) is 7.83. The Labute approximate surface area is 78.7 Å². The second kappa shape index (κ2) is 3.30. The lowest BCUT2D eigenvalue weighted by Crippen LogP contribution is -2.45. The van der Waals surface area contributed by atoms with Crippen molar-refractivity contribution >= 4 is 6.21 Å². The number of nitrogens with one attached hydrogen (secondary N) is 1. The fourth-order valence-corrected chi connectivity index (χ4v) is 1.63. The van der Waals surface area contributed by atoms with E-state index in [1.807, 2.05) is 12.3 Å². The molecule has 0 aromatic heterocycles. The average molecular weight is 174 g/mol. The maximum Gasteiger partial charge on any atom is 0.0761 e. The molecule has 68 valence electrons. The second-order valence-electron chi connectivity index (χ2n) is 3.53. The molecule has 0 bridgehead atoms. The third kappa shape index (κ3) is 1.63. The van der Waals surface area contributed by atoms with Gasteiger partial charge >= 0.3 is 0 Å². The molecule has 13 heavy (non-hydrogen) atoms. The van der Waals surface area contributed by atoms with E-state index < -0.39 is 0 Å². The first-order valence-electron chi connectivity index (χ1n) is 4.63. The van der Waals surface area contributed by atoms with E-state index in [4.69, 9.17) is 0 Å². The molecule has 0 radical (unpaired) electrons. The molecule has 1 aromatic rings. The molecule has 0 aliphatic carbocycles. The Kier molecular flexibility index (Phi) is 2.15. The van der Waals surface area contributed by atoms with E-state index >= 15 is 0 Å². The Balaban J connectivity index is 2.34. The Morgan fingerprint density at radius 1 is 1.31 bits per heavy atom. The number of nitrogens with zero attached hydrogens (tertiary/aromatic N) is 1. The van der Waals surface area contributed by atoms with Crippen molar-refractivity contribution in [3.05, 3.63) is 35.9 Å². The van der Waals surface area contributed by atoms with Gasteiger partial charge in [0.05, 0.1) is 12.1 Å². The molecule has 2 heteroatoms. The maximum atomic E-state index is 4.32. The van der Waals surface area contributed by atoms with Gasteiger partial charge in [0, 0.05) is 12.8 Å². The number of benzene rings is 1. The Hall–Kier alpha value is -1.15. The fraction of sp³-hybridized carbons (Fsp3) is 0.364. The van der Waals surface area contributed by atoms with E-state index in [0.717, 1.165) is 13.1 Å². The molecule has 0 fully saturated rings. The Bertz CT molecular complexity index is 305. The van der Waals surface area contributed by atoms with Gasteiger partial charge in [0.25, 0.3) is 0 Å². The van der Waals surface area contributed by atoms with Crippen molar-refractivity contribution in [3.63, 3.8) is 0 Å². The van der Waals surface area contributed by atoms with Crippen LogP contribution in [0.25, 0.3) is 0 Å². The summed E-state index contributed by atoms with van der Waals surface area (Å²) in [7, 11) is 0. The third-order valence-corrected chi connectivity index (χ3v) is 2.46. The van der Waals surface area contributed by atoms with Gasteiger partial charge in [-0.05, 0) is 12.5 Å². The van der Waals surface area contributed by atoms with Gasteiger partial charge < -0.3 is 5.32 Å².